The lowest BCUT2D eigenvalue weighted by Gasteiger charge is -2.17. The zero-order valence-electron chi connectivity index (χ0n) is 9.62. The number of benzene rings is 1. The smallest absolute Gasteiger partial charge is 0.164 e. The third kappa shape index (κ3) is 2.67. The predicted molar refractivity (Wildman–Crippen MR) is 70.3 cm³/mol. The molecule has 0 radical (unpaired) electrons. The van der Waals surface area contributed by atoms with Crippen LogP contribution in [0.3, 0.4) is 0 Å². The molecule has 1 atom stereocenters. The average molecular weight is 313 g/mol. The zero-order chi connectivity index (χ0) is 13.1. The van der Waals surface area contributed by atoms with E-state index in [0.717, 1.165) is 11.8 Å². The molecule has 2 rings (SSSR count). The molecule has 0 aliphatic rings. The van der Waals surface area contributed by atoms with Gasteiger partial charge in [0, 0.05) is 11.8 Å². The first kappa shape index (κ1) is 13.0. The maximum Gasteiger partial charge on any atom is 0.164 e. The molecule has 0 aliphatic carbocycles. The molecule has 1 aromatic heterocycles. The van der Waals surface area contributed by atoms with Crippen molar-refractivity contribution in [2.45, 2.75) is 13.0 Å². The van der Waals surface area contributed by atoms with Crippen LogP contribution in [0.1, 0.15) is 18.5 Å². The molecule has 18 heavy (non-hydrogen) atoms. The Morgan fingerprint density at radius 2 is 2.00 bits per heavy atom. The maximum absolute atomic E-state index is 13.6. The van der Waals surface area contributed by atoms with Crippen molar-refractivity contribution in [3.05, 3.63) is 58.3 Å². The summed E-state index contributed by atoms with van der Waals surface area (Å²) in [7, 11) is 0. The Labute approximate surface area is 112 Å². The predicted octanol–water partition coefficient (Wildman–Crippen LogP) is 4.30. The summed E-state index contributed by atoms with van der Waals surface area (Å²) in [5.74, 6) is -1.66. The Kier molecular flexibility index (Phi) is 3.91. The molecule has 0 saturated heterocycles. The lowest BCUT2D eigenvalue weighted by molar-refractivity contribution is 0.494. The highest BCUT2D eigenvalue weighted by Gasteiger charge is 2.14. The van der Waals surface area contributed by atoms with Crippen LogP contribution in [0.25, 0.3) is 0 Å². The number of hydrogen-bond donors (Lipinski definition) is 1. The van der Waals surface area contributed by atoms with Gasteiger partial charge in [-0.25, -0.2) is 13.8 Å². The van der Waals surface area contributed by atoms with E-state index < -0.39 is 11.6 Å². The molecular formula is C13H11BrF2N2. The molecule has 94 valence electrons. The minimum absolute atomic E-state index is 0.283. The zero-order valence-corrected chi connectivity index (χ0v) is 11.2. The van der Waals surface area contributed by atoms with Crippen LogP contribution in [-0.2, 0) is 0 Å². The van der Waals surface area contributed by atoms with Crippen molar-refractivity contribution in [2.24, 2.45) is 0 Å². The van der Waals surface area contributed by atoms with Gasteiger partial charge in [0.2, 0.25) is 0 Å². The number of hydrogen-bond acceptors (Lipinski definition) is 2. The molecule has 2 aromatic rings. The number of pyridine rings is 1. The van der Waals surface area contributed by atoms with E-state index in [0.29, 0.717) is 4.60 Å². The Morgan fingerprint density at radius 3 is 2.72 bits per heavy atom. The van der Waals surface area contributed by atoms with Crippen LogP contribution in [0.15, 0.2) is 41.1 Å². The fourth-order valence-electron chi connectivity index (χ4n) is 1.66. The number of anilines is 1. The molecule has 1 heterocycles. The summed E-state index contributed by atoms with van der Waals surface area (Å²) in [5, 5.41) is 3.08. The summed E-state index contributed by atoms with van der Waals surface area (Å²) in [6.07, 6.45) is 1.64. The minimum atomic E-state index is -0.841. The fraction of sp³-hybridized carbons (Fsp3) is 0.154. The van der Waals surface area contributed by atoms with Crippen LogP contribution in [-0.4, -0.2) is 4.98 Å². The lowest BCUT2D eigenvalue weighted by Crippen LogP contribution is -2.10. The van der Waals surface area contributed by atoms with Crippen molar-refractivity contribution >= 4 is 21.6 Å². The fourth-order valence-corrected chi connectivity index (χ4v) is 2.02. The highest BCUT2D eigenvalue weighted by molar-refractivity contribution is 9.10. The molecule has 0 fully saturated rings. The second-order valence-electron chi connectivity index (χ2n) is 3.85. The van der Waals surface area contributed by atoms with Crippen LogP contribution < -0.4 is 5.32 Å². The van der Waals surface area contributed by atoms with Gasteiger partial charge in [-0.15, -0.1) is 0 Å². The van der Waals surface area contributed by atoms with Crippen molar-refractivity contribution in [3.63, 3.8) is 0 Å². The Balaban J connectivity index is 2.25. The second-order valence-corrected chi connectivity index (χ2v) is 4.60. The Hall–Kier alpha value is -1.49. The monoisotopic (exact) mass is 312 g/mol. The highest BCUT2D eigenvalue weighted by atomic mass is 79.9. The van der Waals surface area contributed by atoms with Gasteiger partial charge in [-0.1, -0.05) is 12.1 Å². The molecule has 2 nitrogen and oxygen atoms in total. The van der Waals surface area contributed by atoms with E-state index in [1.165, 1.54) is 6.07 Å². The summed E-state index contributed by atoms with van der Waals surface area (Å²) in [6, 6.07) is 7.36. The Morgan fingerprint density at radius 1 is 1.22 bits per heavy atom. The summed E-state index contributed by atoms with van der Waals surface area (Å²) in [5.41, 5.74) is 1.01. The van der Waals surface area contributed by atoms with Crippen LogP contribution >= 0.6 is 15.9 Å². The van der Waals surface area contributed by atoms with Crippen LogP contribution in [0.5, 0.6) is 0 Å². The van der Waals surface area contributed by atoms with Gasteiger partial charge in [-0.3, -0.25) is 0 Å². The molecule has 0 aliphatic heterocycles. The summed E-state index contributed by atoms with van der Waals surface area (Å²) < 4.78 is 27.4. The van der Waals surface area contributed by atoms with Crippen molar-refractivity contribution in [1.82, 2.24) is 4.98 Å². The van der Waals surface area contributed by atoms with Gasteiger partial charge in [0.15, 0.2) is 11.6 Å². The van der Waals surface area contributed by atoms with Gasteiger partial charge < -0.3 is 5.32 Å². The topological polar surface area (TPSA) is 24.9 Å². The van der Waals surface area contributed by atoms with E-state index in [9.17, 15) is 8.78 Å². The van der Waals surface area contributed by atoms with E-state index >= 15 is 0 Å². The van der Waals surface area contributed by atoms with Crippen molar-refractivity contribution in [3.8, 4) is 0 Å². The summed E-state index contributed by atoms with van der Waals surface area (Å²) in [6.45, 7) is 1.76. The van der Waals surface area contributed by atoms with Gasteiger partial charge >= 0.3 is 0 Å². The highest BCUT2D eigenvalue weighted by Crippen LogP contribution is 2.26. The largest absolute Gasteiger partial charge is 0.376 e. The third-order valence-electron chi connectivity index (χ3n) is 2.58. The molecule has 0 bridgehead atoms. The summed E-state index contributed by atoms with van der Waals surface area (Å²) >= 11 is 3.29. The van der Waals surface area contributed by atoms with Crippen LogP contribution in [0.2, 0.25) is 0 Å². The van der Waals surface area contributed by atoms with E-state index in [1.807, 2.05) is 6.07 Å². The molecule has 5 heteroatoms. The van der Waals surface area contributed by atoms with E-state index in [1.54, 1.807) is 25.3 Å². The van der Waals surface area contributed by atoms with Crippen molar-refractivity contribution in [1.29, 1.82) is 0 Å². The quantitative estimate of drug-likeness (QED) is 0.855. The molecule has 1 N–H and O–H groups in total. The Bertz CT molecular complexity index is 560. The van der Waals surface area contributed by atoms with Gasteiger partial charge in [0.1, 0.15) is 4.60 Å². The summed E-state index contributed by atoms with van der Waals surface area (Å²) in [4.78, 5) is 4.05. The van der Waals surface area contributed by atoms with E-state index in [2.05, 4.69) is 26.2 Å². The maximum atomic E-state index is 13.6. The first-order valence-corrected chi connectivity index (χ1v) is 6.20. The standard InChI is InChI=1S/C13H11BrF2N2/c1-8(9-4-2-5-10(15)12(9)16)18-11-6-3-7-17-13(11)14/h2-8,18H,1H3. The molecule has 0 amide bonds. The third-order valence-corrected chi connectivity index (χ3v) is 3.21. The number of aromatic nitrogens is 1. The van der Waals surface area contributed by atoms with Crippen LogP contribution in [0, 0.1) is 11.6 Å². The molecule has 1 aromatic carbocycles. The van der Waals surface area contributed by atoms with Gasteiger partial charge in [-0.2, -0.15) is 0 Å². The van der Waals surface area contributed by atoms with Crippen molar-refractivity contribution in [2.75, 3.05) is 5.32 Å². The number of nitrogens with one attached hydrogen (secondary N) is 1. The van der Waals surface area contributed by atoms with Gasteiger partial charge in [-0.05, 0) is 41.1 Å². The van der Waals surface area contributed by atoms with Gasteiger partial charge in [0.05, 0.1) is 11.7 Å². The number of nitrogens with zero attached hydrogens (tertiary/aromatic N) is 1. The van der Waals surface area contributed by atoms with Crippen LogP contribution in [0.4, 0.5) is 14.5 Å². The normalized spacial score (nSPS) is 12.2. The first-order chi connectivity index (χ1) is 8.59. The molecule has 1 unspecified atom stereocenters. The second kappa shape index (κ2) is 5.44. The first-order valence-electron chi connectivity index (χ1n) is 5.40. The SMILES string of the molecule is CC(Nc1cccnc1Br)c1cccc(F)c1F. The number of rotatable bonds is 3. The molecular weight excluding hydrogens is 302 g/mol. The molecule has 0 saturated carbocycles. The van der Waals surface area contributed by atoms with Gasteiger partial charge in [0.25, 0.3) is 0 Å². The minimum Gasteiger partial charge on any atom is -0.376 e. The number of halogens is 3. The lowest BCUT2D eigenvalue weighted by atomic mass is 10.1. The molecule has 0 spiro atoms. The average Bonchev–Trinajstić information content (AvgIpc) is 2.35. The van der Waals surface area contributed by atoms with Crippen molar-refractivity contribution < 1.29 is 8.78 Å². The van der Waals surface area contributed by atoms with E-state index in [4.69, 9.17) is 0 Å². The van der Waals surface area contributed by atoms with E-state index in [-0.39, 0.29) is 11.6 Å².